The second kappa shape index (κ2) is 7.43. The number of para-hydroxylation sites is 1. The molecule has 1 N–H and O–H groups in total. The minimum Gasteiger partial charge on any atom is -0.310 e. The van der Waals surface area contributed by atoms with Gasteiger partial charge in [0.2, 0.25) is 11.1 Å². The van der Waals surface area contributed by atoms with Gasteiger partial charge in [-0.3, -0.25) is 4.79 Å². The quantitative estimate of drug-likeness (QED) is 0.524. The lowest BCUT2D eigenvalue weighted by Gasteiger charge is -2.08. The fourth-order valence-electron chi connectivity index (χ4n) is 2.87. The SMILES string of the molecule is Cc1cc(C)n2nc(SCC(=O)Nc3cc(C)nn3-c3ccccc3)nc2n1. The Kier molecular flexibility index (Phi) is 4.82. The number of aryl methyl sites for hydroxylation is 3. The summed E-state index contributed by atoms with van der Waals surface area (Å²) in [6, 6.07) is 13.5. The molecule has 0 fully saturated rings. The number of nitrogens with zero attached hydrogens (tertiary/aromatic N) is 6. The summed E-state index contributed by atoms with van der Waals surface area (Å²) in [6.07, 6.45) is 0. The highest BCUT2D eigenvalue weighted by molar-refractivity contribution is 7.99. The van der Waals surface area contributed by atoms with Gasteiger partial charge in [0.25, 0.3) is 5.78 Å². The maximum Gasteiger partial charge on any atom is 0.253 e. The van der Waals surface area contributed by atoms with Crippen LogP contribution >= 0.6 is 11.8 Å². The predicted octanol–water partition coefficient (Wildman–Crippen LogP) is 2.97. The summed E-state index contributed by atoms with van der Waals surface area (Å²) in [4.78, 5) is 21.2. The highest BCUT2D eigenvalue weighted by Crippen LogP contribution is 2.19. The number of anilines is 1. The Labute approximate surface area is 166 Å². The third-order valence-electron chi connectivity index (χ3n) is 4.03. The lowest BCUT2D eigenvalue weighted by Crippen LogP contribution is -2.17. The first kappa shape index (κ1) is 18.2. The second-order valence-electron chi connectivity index (χ2n) is 6.40. The molecule has 0 aliphatic rings. The van der Waals surface area contributed by atoms with Gasteiger partial charge in [0.05, 0.1) is 17.1 Å². The number of carbonyl (C=O) groups excluding carboxylic acids is 1. The van der Waals surface area contributed by atoms with Crippen LogP contribution in [0.1, 0.15) is 17.1 Å². The molecule has 3 heterocycles. The Hall–Kier alpha value is -3.20. The summed E-state index contributed by atoms with van der Waals surface area (Å²) >= 11 is 1.27. The van der Waals surface area contributed by atoms with Crippen LogP contribution in [0.15, 0.2) is 47.6 Å². The summed E-state index contributed by atoms with van der Waals surface area (Å²) in [5, 5.41) is 12.3. The molecule has 4 aromatic rings. The molecule has 142 valence electrons. The normalized spacial score (nSPS) is 11.1. The number of thioether (sulfide) groups is 1. The molecular weight excluding hydrogens is 374 g/mol. The average Bonchev–Trinajstić information content (AvgIpc) is 3.24. The van der Waals surface area contributed by atoms with Crippen LogP contribution in [0.5, 0.6) is 0 Å². The lowest BCUT2D eigenvalue weighted by atomic mass is 10.3. The van der Waals surface area contributed by atoms with E-state index in [9.17, 15) is 4.79 Å². The largest absolute Gasteiger partial charge is 0.310 e. The van der Waals surface area contributed by atoms with Crippen LogP contribution in [0, 0.1) is 20.8 Å². The molecule has 0 saturated carbocycles. The molecule has 0 spiro atoms. The summed E-state index contributed by atoms with van der Waals surface area (Å²) in [5.74, 6) is 1.21. The maximum atomic E-state index is 12.5. The van der Waals surface area contributed by atoms with Crippen molar-refractivity contribution in [3.63, 3.8) is 0 Å². The van der Waals surface area contributed by atoms with Crippen molar-refractivity contribution in [1.29, 1.82) is 0 Å². The fourth-order valence-corrected chi connectivity index (χ4v) is 3.49. The van der Waals surface area contributed by atoms with Crippen LogP contribution in [-0.2, 0) is 4.79 Å². The number of rotatable bonds is 5. The van der Waals surface area contributed by atoms with Crippen LogP contribution in [-0.4, -0.2) is 41.0 Å². The lowest BCUT2D eigenvalue weighted by molar-refractivity contribution is -0.113. The van der Waals surface area contributed by atoms with Gasteiger partial charge in [-0.25, -0.2) is 14.2 Å². The van der Waals surface area contributed by atoms with Gasteiger partial charge in [-0.05, 0) is 39.0 Å². The molecule has 3 aromatic heterocycles. The standard InChI is InChI=1S/C19H19N7OS/c1-12-9-14(3)25-18(20-12)22-19(24-25)28-11-17(27)21-16-10-13(2)23-26(16)15-7-5-4-6-8-15/h4-10H,11H2,1-3H3,(H,21,27). The van der Waals surface area contributed by atoms with Crippen LogP contribution in [0.3, 0.4) is 0 Å². The van der Waals surface area contributed by atoms with E-state index in [0.717, 1.165) is 22.8 Å². The van der Waals surface area contributed by atoms with Crippen LogP contribution in [0.2, 0.25) is 0 Å². The zero-order valence-corrected chi connectivity index (χ0v) is 16.6. The molecule has 0 atom stereocenters. The van der Waals surface area contributed by atoms with Gasteiger partial charge in [0, 0.05) is 17.5 Å². The topological polar surface area (TPSA) is 90.0 Å². The van der Waals surface area contributed by atoms with E-state index in [1.54, 1.807) is 9.20 Å². The number of hydrogen-bond donors (Lipinski definition) is 1. The number of hydrogen-bond acceptors (Lipinski definition) is 6. The van der Waals surface area contributed by atoms with E-state index in [4.69, 9.17) is 0 Å². The van der Waals surface area contributed by atoms with E-state index < -0.39 is 0 Å². The van der Waals surface area contributed by atoms with Gasteiger partial charge >= 0.3 is 0 Å². The first-order valence-corrected chi connectivity index (χ1v) is 9.74. The average molecular weight is 393 g/mol. The number of fused-ring (bicyclic) bond motifs is 1. The fraction of sp³-hybridized carbons (Fsp3) is 0.211. The molecule has 1 amide bonds. The third-order valence-corrected chi connectivity index (χ3v) is 4.87. The molecule has 0 radical (unpaired) electrons. The van der Waals surface area contributed by atoms with Crippen LogP contribution in [0.25, 0.3) is 11.5 Å². The first-order valence-electron chi connectivity index (χ1n) is 8.75. The summed E-state index contributed by atoms with van der Waals surface area (Å²) in [6.45, 7) is 5.76. The van der Waals surface area contributed by atoms with E-state index in [2.05, 4.69) is 25.5 Å². The Morgan fingerprint density at radius 3 is 2.61 bits per heavy atom. The zero-order valence-electron chi connectivity index (χ0n) is 15.7. The van der Waals surface area contributed by atoms with Gasteiger partial charge in [-0.15, -0.1) is 5.10 Å². The van der Waals surface area contributed by atoms with Crippen molar-refractivity contribution >= 4 is 29.3 Å². The molecule has 0 aliphatic carbocycles. The summed E-state index contributed by atoms with van der Waals surface area (Å²) < 4.78 is 3.40. The Balaban J connectivity index is 1.47. The number of nitrogens with one attached hydrogen (secondary N) is 1. The highest BCUT2D eigenvalue weighted by Gasteiger charge is 2.13. The molecule has 1 aromatic carbocycles. The van der Waals surface area contributed by atoms with Gasteiger partial charge in [-0.1, -0.05) is 30.0 Å². The zero-order chi connectivity index (χ0) is 19.7. The van der Waals surface area contributed by atoms with Gasteiger partial charge < -0.3 is 5.32 Å². The van der Waals surface area contributed by atoms with Gasteiger partial charge in [0.1, 0.15) is 5.82 Å². The molecule has 28 heavy (non-hydrogen) atoms. The van der Waals surface area contributed by atoms with E-state index in [-0.39, 0.29) is 11.7 Å². The van der Waals surface area contributed by atoms with Crippen molar-refractivity contribution in [2.75, 3.05) is 11.1 Å². The summed E-state index contributed by atoms with van der Waals surface area (Å²) in [5.41, 5.74) is 3.55. The van der Waals surface area contributed by atoms with Crippen molar-refractivity contribution in [3.05, 3.63) is 59.5 Å². The molecule has 9 heteroatoms. The first-order chi connectivity index (χ1) is 13.5. The van der Waals surface area contributed by atoms with E-state index in [0.29, 0.717) is 16.8 Å². The van der Waals surface area contributed by atoms with Crippen molar-refractivity contribution in [3.8, 4) is 5.69 Å². The number of benzene rings is 1. The maximum absolute atomic E-state index is 12.5. The van der Waals surface area contributed by atoms with Crippen LogP contribution < -0.4 is 5.32 Å². The number of aromatic nitrogens is 6. The minimum absolute atomic E-state index is 0.151. The molecule has 0 bridgehead atoms. The minimum atomic E-state index is -0.151. The monoisotopic (exact) mass is 393 g/mol. The predicted molar refractivity (Wildman–Crippen MR) is 108 cm³/mol. The van der Waals surface area contributed by atoms with Crippen molar-refractivity contribution in [2.45, 2.75) is 25.9 Å². The van der Waals surface area contributed by atoms with E-state index in [1.807, 2.05) is 63.2 Å². The highest BCUT2D eigenvalue weighted by atomic mass is 32.2. The van der Waals surface area contributed by atoms with Crippen LogP contribution in [0.4, 0.5) is 5.82 Å². The van der Waals surface area contributed by atoms with E-state index in [1.165, 1.54) is 11.8 Å². The molecule has 4 rings (SSSR count). The third kappa shape index (κ3) is 3.74. The Bertz CT molecular complexity index is 1150. The van der Waals surface area contributed by atoms with Crippen molar-refractivity contribution < 1.29 is 4.79 Å². The van der Waals surface area contributed by atoms with Gasteiger partial charge in [-0.2, -0.15) is 10.1 Å². The number of carbonyl (C=O) groups is 1. The second-order valence-corrected chi connectivity index (χ2v) is 7.34. The molecule has 8 nitrogen and oxygen atoms in total. The van der Waals surface area contributed by atoms with Gasteiger partial charge in [0.15, 0.2) is 0 Å². The summed E-state index contributed by atoms with van der Waals surface area (Å²) in [7, 11) is 0. The molecule has 0 saturated heterocycles. The van der Waals surface area contributed by atoms with Crippen molar-refractivity contribution in [1.82, 2.24) is 29.4 Å². The van der Waals surface area contributed by atoms with E-state index >= 15 is 0 Å². The molecule has 0 unspecified atom stereocenters. The molecule has 0 aliphatic heterocycles. The Morgan fingerprint density at radius 2 is 1.82 bits per heavy atom. The molecular formula is C19H19N7OS. The Morgan fingerprint density at radius 1 is 1.04 bits per heavy atom. The van der Waals surface area contributed by atoms with Crippen molar-refractivity contribution in [2.24, 2.45) is 0 Å². The number of amides is 1. The smallest absolute Gasteiger partial charge is 0.253 e.